The number of ketones is 1. The normalized spacial score (nSPS) is 21.7. The molecule has 4 N–H and O–H groups in total. The first-order valence-electron chi connectivity index (χ1n) is 11.2. The van der Waals surface area contributed by atoms with E-state index in [1.54, 1.807) is 18.2 Å². The van der Waals surface area contributed by atoms with Gasteiger partial charge in [0.25, 0.3) is 0 Å². The Kier molecular flexibility index (Phi) is 8.22. The minimum Gasteiger partial charge on any atom is -0.390 e. The van der Waals surface area contributed by atoms with Crippen LogP contribution in [0.4, 0.5) is 23.4 Å². The summed E-state index contributed by atoms with van der Waals surface area (Å²) >= 11 is 5.92. The van der Waals surface area contributed by atoms with Gasteiger partial charge in [-0.3, -0.25) is 13.7 Å². The molecule has 4 atom stereocenters. The van der Waals surface area contributed by atoms with E-state index in [0.717, 1.165) is 12.5 Å². The van der Waals surface area contributed by atoms with Crippen LogP contribution in [-0.4, -0.2) is 64.0 Å². The molecule has 2 aromatic heterocycles. The monoisotopic (exact) mass is 592 g/mol. The first kappa shape index (κ1) is 28.8. The lowest BCUT2D eigenvalue weighted by molar-refractivity contribution is -0.144. The third-order valence-electron chi connectivity index (χ3n) is 6.00. The topological polar surface area (TPSA) is 162 Å². The second-order valence-electron chi connectivity index (χ2n) is 8.77. The Morgan fingerprint density at radius 2 is 2.05 bits per heavy atom. The zero-order chi connectivity index (χ0) is 28.5. The molecule has 1 saturated carbocycles. The third kappa shape index (κ3) is 6.88. The predicted octanol–water partition coefficient (Wildman–Crippen LogP) is 2.34. The van der Waals surface area contributed by atoms with Gasteiger partial charge in [0, 0.05) is 23.2 Å². The fourth-order valence-electron chi connectivity index (χ4n) is 4.19. The molecule has 1 aromatic carbocycles. The van der Waals surface area contributed by atoms with E-state index in [2.05, 4.69) is 24.6 Å². The number of aliphatic hydroxyl groups is 1. The molecule has 0 amide bonds. The summed E-state index contributed by atoms with van der Waals surface area (Å²) in [5.74, 6) is -2.16. The van der Waals surface area contributed by atoms with E-state index in [9.17, 15) is 35.9 Å². The number of nitrogens with two attached hydrogens (primary N) is 1. The van der Waals surface area contributed by atoms with E-state index < -0.39 is 64.5 Å². The Hall–Kier alpha value is -3.18. The zero-order valence-electron chi connectivity index (χ0n) is 19.7. The molecule has 2 heterocycles. The average Bonchev–Trinajstić information content (AvgIpc) is 3.39. The highest BCUT2D eigenvalue weighted by molar-refractivity contribution is 7.84. The number of aromatic nitrogens is 4. The lowest BCUT2D eigenvalue weighted by Gasteiger charge is -2.18. The number of nitrogens with one attached hydrogen (secondary N) is 1. The Balaban J connectivity index is 1.59. The van der Waals surface area contributed by atoms with Crippen molar-refractivity contribution in [2.24, 2.45) is 11.1 Å². The van der Waals surface area contributed by atoms with Crippen molar-refractivity contribution in [1.82, 2.24) is 19.7 Å². The number of benzene rings is 1. The molecule has 0 bridgehead atoms. The number of nitrogens with zero attached hydrogens (tertiary/aromatic N) is 4. The Morgan fingerprint density at radius 1 is 1.31 bits per heavy atom. The van der Waals surface area contributed by atoms with Gasteiger partial charge in [0.2, 0.25) is 5.78 Å². The van der Waals surface area contributed by atoms with Gasteiger partial charge in [-0.15, -0.1) is 0 Å². The van der Waals surface area contributed by atoms with E-state index in [1.165, 1.54) is 6.07 Å². The van der Waals surface area contributed by atoms with Gasteiger partial charge in [-0.1, -0.05) is 23.7 Å². The molecule has 11 nitrogen and oxygen atoms in total. The average molecular weight is 593 g/mol. The number of hydrogen-bond donors (Lipinski definition) is 3. The highest BCUT2D eigenvalue weighted by Gasteiger charge is 2.44. The first-order chi connectivity index (χ1) is 18.2. The lowest BCUT2D eigenvalue weighted by Crippen LogP contribution is -2.33. The minimum absolute atomic E-state index is 0.137. The molecule has 1 aliphatic rings. The van der Waals surface area contributed by atoms with Gasteiger partial charge in [0.15, 0.2) is 0 Å². The largest absolute Gasteiger partial charge is 0.433 e. The summed E-state index contributed by atoms with van der Waals surface area (Å²) in [6.07, 6.45) is -6.47. The van der Waals surface area contributed by atoms with Crippen LogP contribution in [0.1, 0.15) is 33.7 Å². The van der Waals surface area contributed by atoms with Gasteiger partial charge in [-0.05, 0) is 24.1 Å². The van der Waals surface area contributed by atoms with E-state index in [0.29, 0.717) is 21.3 Å². The van der Waals surface area contributed by atoms with Crippen LogP contribution < -0.4 is 10.5 Å². The van der Waals surface area contributed by atoms with Crippen molar-refractivity contribution < 1.29 is 40.1 Å². The van der Waals surface area contributed by atoms with Gasteiger partial charge >= 0.3 is 16.5 Å². The molecule has 39 heavy (non-hydrogen) atoms. The summed E-state index contributed by atoms with van der Waals surface area (Å²) in [4.78, 5) is 20.9. The summed E-state index contributed by atoms with van der Waals surface area (Å²) in [6.45, 7) is -0.914. The summed E-state index contributed by atoms with van der Waals surface area (Å²) in [5, 5.41) is 21.7. The van der Waals surface area contributed by atoms with Crippen molar-refractivity contribution in [2.75, 3.05) is 11.9 Å². The van der Waals surface area contributed by atoms with Crippen LogP contribution in [0.25, 0.3) is 0 Å². The number of carbonyl (C=O) groups is 1. The van der Waals surface area contributed by atoms with E-state index in [-0.39, 0.29) is 24.3 Å². The summed E-state index contributed by atoms with van der Waals surface area (Å²) in [7, 11) is -4.33. The molecule has 0 saturated heterocycles. The number of carbonyl (C=O) groups excluding carboxylic acids is 1. The number of rotatable bonds is 9. The fraction of sp³-hybridized carbons (Fsp3) is 0.364. The van der Waals surface area contributed by atoms with Crippen molar-refractivity contribution in [2.45, 2.75) is 37.5 Å². The van der Waals surface area contributed by atoms with Crippen LogP contribution >= 0.6 is 11.6 Å². The van der Waals surface area contributed by atoms with Crippen molar-refractivity contribution in [3.8, 4) is 0 Å². The molecule has 0 unspecified atom stereocenters. The van der Waals surface area contributed by atoms with Crippen LogP contribution in [0.3, 0.4) is 0 Å². The standard InChI is InChI=1S/C22H21ClF4N6O5S/c23-13-3-1-2-11(4-13)8-33-17(22(25,26)27)6-16(32-33)20(35)14-7-29-10-30-21(14)31-15-5-12(19(34)18(15)24)9-38-39(28,36)37/h1-4,6-7,10,12,15,18-19,34H,5,8-9H2,(H2,28,36,37)(H,29,30,31)/t12-,15-,18-,19-/m1/s1. The Labute approximate surface area is 224 Å². The third-order valence-corrected chi connectivity index (χ3v) is 6.70. The van der Waals surface area contributed by atoms with Crippen LogP contribution in [0.15, 0.2) is 42.9 Å². The molecule has 17 heteroatoms. The fourth-order valence-corrected chi connectivity index (χ4v) is 4.77. The number of anilines is 1. The Morgan fingerprint density at radius 3 is 2.72 bits per heavy atom. The molecule has 0 spiro atoms. The summed E-state index contributed by atoms with van der Waals surface area (Å²) < 4.78 is 83.2. The van der Waals surface area contributed by atoms with Crippen molar-refractivity contribution in [3.63, 3.8) is 0 Å². The quantitative estimate of drug-likeness (QED) is 0.250. The molecule has 4 rings (SSSR count). The molecule has 210 valence electrons. The smallest absolute Gasteiger partial charge is 0.390 e. The van der Waals surface area contributed by atoms with Gasteiger partial charge in [0.05, 0.1) is 30.9 Å². The van der Waals surface area contributed by atoms with Crippen molar-refractivity contribution in [1.29, 1.82) is 0 Å². The number of aliphatic hydroxyl groups excluding tert-OH is 1. The second kappa shape index (κ2) is 11.1. The Bertz CT molecular complexity index is 1470. The SMILES string of the molecule is NS(=O)(=O)OC[C@H]1C[C@@H](Nc2ncncc2C(=O)c2cc(C(F)(F)F)n(Cc3cccc(Cl)c3)n2)[C@@H](F)[C@@H]1O. The van der Waals surface area contributed by atoms with Crippen molar-refractivity contribution >= 4 is 33.5 Å². The first-order valence-corrected chi connectivity index (χ1v) is 13.1. The molecule has 0 radical (unpaired) electrons. The van der Waals surface area contributed by atoms with Crippen molar-refractivity contribution in [3.05, 3.63) is 70.4 Å². The highest BCUT2D eigenvalue weighted by Crippen LogP contribution is 2.34. The molecular weight excluding hydrogens is 572 g/mol. The van der Waals surface area contributed by atoms with Crippen LogP contribution in [0.5, 0.6) is 0 Å². The van der Waals surface area contributed by atoms with E-state index in [1.807, 2.05) is 0 Å². The van der Waals surface area contributed by atoms with Gasteiger partial charge < -0.3 is 10.4 Å². The molecule has 3 aromatic rings. The number of alkyl halides is 4. The number of halogens is 5. The molecule has 1 aliphatic carbocycles. The molecule has 0 aliphatic heterocycles. The lowest BCUT2D eigenvalue weighted by atomic mass is 10.1. The predicted molar refractivity (Wildman–Crippen MR) is 129 cm³/mol. The van der Waals surface area contributed by atoms with E-state index in [4.69, 9.17) is 16.7 Å². The summed E-state index contributed by atoms with van der Waals surface area (Å²) in [5.41, 5.74) is -1.64. The van der Waals surface area contributed by atoms with Crippen LogP contribution in [0, 0.1) is 5.92 Å². The number of hydrogen-bond acceptors (Lipinski definition) is 9. The van der Waals surface area contributed by atoms with Gasteiger partial charge in [-0.25, -0.2) is 19.5 Å². The minimum atomic E-state index is -4.84. The second-order valence-corrected chi connectivity index (χ2v) is 10.4. The van der Waals surface area contributed by atoms with Crippen LogP contribution in [0.2, 0.25) is 5.02 Å². The van der Waals surface area contributed by atoms with E-state index >= 15 is 0 Å². The van der Waals surface area contributed by atoms with Gasteiger partial charge in [0.1, 0.15) is 29.7 Å². The van der Waals surface area contributed by atoms with Gasteiger partial charge in [-0.2, -0.15) is 26.7 Å². The van der Waals surface area contributed by atoms with Crippen LogP contribution in [-0.2, 0) is 27.2 Å². The molecule has 1 fully saturated rings. The highest BCUT2D eigenvalue weighted by atomic mass is 35.5. The zero-order valence-corrected chi connectivity index (χ0v) is 21.3. The summed E-state index contributed by atoms with van der Waals surface area (Å²) in [6, 6.07) is 5.56. The maximum Gasteiger partial charge on any atom is 0.433 e. The maximum absolute atomic E-state index is 14.8. The maximum atomic E-state index is 14.8. The molecular formula is C22H21ClF4N6O5S.